The number of carbonyl (C=O) groups excluding carboxylic acids is 3. The van der Waals surface area contributed by atoms with E-state index in [9.17, 15) is 14.4 Å². The maximum atomic E-state index is 12.6. The predicted octanol–water partition coefficient (Wildman–Crippen LogP) is 3.48. The number of amides is 3. The van der Waals surface area contributed by atoms with Gasteiger partial charge in [0.2, 0.25) is 0 Å². The van der Waals surface area contributed by atoms with E-state index in [-0.39, 0.29) is 17.6 Å². The van der Waals surface area contributed by atoms with Crippen molar-refractivity contribution in [1.29, 1.82) is 0 Å². The molecule has 0 bridgehead atoms. The maximum absolute atomic E-state index is 12.6. The van der Waals surface area contributed by atoms with Crippen LogP contribution in [0.1, 0.15) is 34.5 Å². The third-order valence-corrected chi connectivity index (χ3v) is 4.82. The van der Waals surface area contributed by atoms with Crippen LogP contribution < -0.4 is 16.0 Å². The van der Waals surface area contributed by atoms with Crippen LogP contribution in [-0.4, -0.2) is 24.3 Å². The van der Waals surface area contributed by atoms with Gasteiger partial charge in [-0.15, -0.1) is 0 Å². The standard InChI is InChI=1S/C25H25N3O3/c1-18(20-12-6-3-7-13-20)27-24(30)25(31)28-22-15-9-8-14-21(22)23(29)26-17-16-19-10-4-2-5-11-19/h2-15,18H,16-17H2,1H3,(H,26,29)(H,27,30)(H,28,31)/t18-/m0/s1. The number of benzene rings is 3. The Balaban J connectivity index is 1.58. The Labute approximate surface area is 181 Å². The van der Waals surface area contributed by atoms with E-state index in [1.807, 2.05) is 60.7 Å². The molecule has 0 saturated heterocycles. The second kappa shape index (κ2) is 10.7. The molecule has 0 spiro atoms. The Kier molecular flexibility index (Phi) is 7.54. The van der Waals surface area contributed by atoms with Gasteiger partial charge in [-0.3, -0.25) is 14.4 Å². The minimum atomic E-state index is -0.827. The van der Waals surface area contributed by atoms with Gasteiger partial charge in [-0.05, 0) is 36.6 Å². The van der Waals surface area contributed by atoms with Crippen molar-refractivity contribution in [3.8, 4) is 0 Å². The van der Waals surface area contributed by atoms with Crippen molar-refractivity contribution >= 4 is 23.4 Å². The normalized spacial score (nSPS) is 11.3. The molecule has 0 aliphatic carbocycles. The molecule has 0 aliphatic heterocycles. The number of para-hydroxylation sites is 1. The van der Waals surface area contributed by atoms with Crippen LogP contribution in [0.15, 0.2) is 84.9 Å². The van der Waals surface area contributed by atoms with Crippen molar-refractivity contribution in [3.63, 3.8) is 0 Å². The topological polar surface area (TPSA) is 87.3 Å². The van der Waals surface area contributed by atoms with Gasteiger partial charge in [0.15, 0.2) is 0 Å². The molecule has 0 heterocycles. The molecule has 0 aliphatic rings. The zero-order valence-corrected chi connectivity index (χ0v) is 17.3. The summed E-state index contributed by atoms with van der Waals surface area (Å²) >= 11 is 0. The number of anilines is 1. The summed E-state index contributed by atoms with van der Waals surface area (Å²) in [4.78, 5) is 37.3. The van der Waals surface area contributed by atoms with Crippen molar-refractivity contribution in [3.05, 3.63) is 102 Å². The molecular weight excluding hydrogens is 390 g/mol. The van der Waals surface area contributed by atoms with Gasteiger partial charge in [-0.1, -0.05) is 72.8 Å². The number of hydrogen-bond acceptors (Lipinski definition) is 3. The first-order chi connectivity index (χ1) is 15.0. The lowest BCUT2D eigenvalue weighted by atomic mass is 10.1. The van der Waals surface area contributed by atoms with E-state index >= 15 is 0 Å². The van der Waals surface area contributed by atoms with E-state index in [1.165, 1.54) is 0 Å². The fraction of sp³-hybridized carbons (Fsp3) is 0.160. The van der Waals surface area contributed by atoms with Crippen LogP contribution in [0.2, 0.25) is 0 Å². The molecule has 158 valence electrons. The summed E-state index contributed by atoms with van der Waals surface area (Å²) in [5, 5.41) is 8.06. The quantitative estimate of drug-likeness (QED) is 0.517. The first-order valence-corrected chi connectivity index (χ1v) is 10.1. The van der Waals surface area contributed by atoms with Crippen LogP contribution in [0.25, 0.3) is 0 Å². The van der Waals surface area contributed by atoms with E-state index in [4.69, 9.17) is 0 Å². The summed E-state index contributed by atoms with van der Waals surface area (Å²) < 4.78 is 0. The number of nitrogens with one attached hydrogen (secondary N) is 3. The number of rotatable bonds is 7. The highest BCUT2D eigenvalue weighted by Crippen LogP contribution is 2.16. The van der Waals surface area contributed by atoms with E-state index in [0.29, 0.717) is 18.5 Å². The van der Waals surface area contributed by atoms with E-state index in [0.717, 1.165) is 11.1 Å². The smallest absolute Gasteiger partial charge is 0.313 e. The molecule has 31 heavy (non-hydrogen) atoms. The molecule has 3 amide bonds. The van der Waals surface area contributed by atoms with Gasteiger partial charge in [0.05, 0.1) is 17.3 Å². The largest absolute Gasteiger partial charge is 0.352 e. The average molecular weight is 415 g/mol. The Morgan fingerprint density at radius 3 is 2.10 bits per heavy atom. The van der Waals surface area contributed by atoms with Crippen LogP contribution in [-0.2, 0) is 16.0 Å². The summed E-state index contributed by atoms with van der Waals surface area (Å²) in [5.74, 6) is -1.91. The highest BCUT2D eigenvalue weighted by Gasteiger charge is 2.19. The Morgan fingerprint density at radius 2 is 1.39 bits per heavy atom. The SMILES string of the molecule is C[C@H](NC(=O)C(=O)Nc1ccccc1C(=O)NCCc1ccccc1)c1ccccc1. The van der Waals surface area contributed by atoms with Crippen molar-refractivity contribution in [2.75, 3.05) is 11.9 Å². The molecule has 6 heteroatoms. The minimum Gasteiger partial charge on any atom is -0.352 e. The van der Waals surface area contributed by atoms with E-state index < -0.39 is 11.8 Å². The van der Waals surface area contributed by atoms with Crippen LogP contribution in [0, 0.1) is 0 Å². The number of hydrogen-bond donors (Lipinski definition) is 3. The van der Waals surface area contributed by atoms with Gasteiger partial charge >= 0.3 is 11.8 Å². The van der Waals surface area contributed by atoms with Crippen LogP contribution in [0.3, 0.4) is 0 Å². The van der Waals surface area contributed by atoms with Gasteiger partial charge in [-0.25, -0.2) is 0 Å². The lowest BCUT2D eigenvalue weighted by Gasteiger charge is -2.15. The first-order valence-electron chi connectivity index (χ1n) is 10.1. The summed E-state index contributed by atoms with van der Waals surface area (Å²) in [6.45, 7) is 2.26. The summed E-state index contributed by atoms with van der Waals surface area (Å²) in [7, 11) is 0. The minimum absolute atomic E-state index is 0.284. The second-order valence-electron chi connectivity index (χ2n) is 7.10. The van der Waals surface area contributed by atoms with Crippen molar-refractivity contribution in [1.82, 2.24) is 10.6 Å². The van der Waals surface area contributed by atoms with Crippen LogP contribution >= 0.6 is 0 Å². The summed E-state index contributed by atoms with van der Waals surface area (Å²) in [5.41, 5.74) is 2.59. The second-order valence-corrected chi connectivity index (χ2v) is 7.10. The Hall–Kier alpha value is -3.93. The van der Waals surface area contributed by atoms with Crippen molar-refractivity contribution in [2.45, 2.75) is 19.4 Å². The van der Waals surface area contributed by atoms with E-state index in [2.05, 4.69) is 16.0 Å². The highest BCUT2D eigenvalue weighted by molar-refractivity contribution is 6.40. The monoisotopic (exact) mass is 415 g/mol. The number of carbonyl (C=O) groups is 3. The molecular formula is C25H25N3O3. The molecule has 1 atom stereocenters. The summed E-state index contributed by atoms with van der Waals surface area (Å²) in [6.07, 6.45) is 0.695. The molecule has 0 radical (unpaired) electrons. The van der Waals surface area contributed by atoms with Crippen LogP contribution in [0.5, 0.6) is 0 Å². The van der Waals surface area contributed by atoms with Crippen molar-refractivity contribution < 1.29 is 14.4 Å². The third kappa shape index (κ3) is 6.27. The van der Waals surface area contributed by atoms with Gasteiger partial charge in [0.25, 0.3) is 5.91 Å². The van der Waals surface area contributed by atoms with Crippen LogP contribution in [0.4, 0.5) is 5.69 Å². The summed E-state index contributed by atoms with van der Waals surface area (Å²) in [6, 6.07) is 25.5. The zero-order valence-electron chi connectivity index (χ0n) is 17.3. The van der Waals surface area contributed by atoms with Gasteiger partial charge < -0.3 is 16.0 Å². The van der Waals surface area contributed by atoms with Gasteiger partial charge in [0.1, 0.15) is 0 Å². The van der Waals surface area contributed by atoms with E-state index in [1.54, 1.807) is 31.2 Å². The Bertz CT molecular complexity index is 1040. The predicted molar refractivity (Wildman–Crippen MR) is 121 cm³/mol. The molecule has 6 nitrogen and oxygen atoms in total. The third-order valence-electron chi connectivity index (χ3n) is 4.82. The van der Waals surface area contributed by atoms with Crippen molar-refractivity contribution in [2.24, 2.45) is 0 Å². The fourth-order valence-electron chi connectivity index (χ4n) is 3.12. The molecule has 3 rings (SSSR count). The lowest BCUT2D eigenvalue weighted by molar-refractivity contribution is -0.136. The highest BCUT2D eigenvalue weighted by atomic mass is 16.2. The van der Waals surface area contributed by atoms with Gasteiger partial charge in [0, 0.05) is 6.54 Å². The first kappa shape index (κ1) is 21.8. The lowest BCUT2D eigenvalue weighted by Crippen LogP contribution is -2.37. The Morgan fingerprint density at radius 1 is 0.774 bits per heavy atom. The average Bonchev–Trinajstić information content (AvgIpc) is 2.80. The molecule has 0 unspecified atom stereocenters. The fourth-order valence-corrected chi connectivity index (χ4v) is 3.12. The molecule has 3 aromatic rings. The zero-order chi connectivity index (χ0) is 22.1. The molecule has 0 saturated carbocycles. The molecule has 0 aromatic heterocycles. The molecule has 3 N–H and O–H groups in total. The maximum Gasteiger partial charge on any atom is 0.313 e. The molecule has 0 fully saturated rings. The molecule has 3 aromatic carbocycles. The van der Waals surface area contributed by atoms with Gasteiger partial charge in [-0.2, -0.15) is 0 Å².